The number of alkyl halides is 3. The molecule has 40 heavy (non-hydrogen) atoms. The lowest BCUT2D eigenvalue weighted by atomic mass is 10.1. The van der Waals surface area contributed by atoms with E-state index in [0.717, 1.165) is 28.5 Å². The van der Waals surface area contributed by atoms with Crippen LogP contribution in [0.15, 0.2) is 75.8 Å². The lowest BCUT2D eigenvalue weighted by Crippen LogP contribution is -2.21. The van der Waals surface area contributed by atoms with E-state index in [1.54, 1.807) is 47.8 Å². The molecule has 11 heteroatoms. The predicted octanol–water partition coefficient (Wildman–Crippen LogP) is 7.82. The minimum atomic E-state index is -4.61. The Bertz CT molecular complexity index is 2010. The van der Waals surface area contributed by atoms with Crippen molar-refractivity contribution in [1.29, 1.82) is 0 Å². The second-order valence-corrected chi connectivity index (χ2v) is 11.1. The Hall–Kier alpha value is -4.35. The molecule has 0 aliphatic carbocycles. The average molecular weight is 577 g/mol. The number of hydrogen-bond acceptors (Lipinski definition) is 7. The van der Waals surface area contributed by atoms with Gasteiger partial charge in [-0.05, 0) is 49.1 Å². The lowest BCUT2D eigenvalue weighted by molar-refractivity contribution is -0.136. The molecule has 0 fully saturated rings. The highest BCUT2D eigenvalue weighted by molar-refractivity contribution is 7.22. The van der Waals surface area contributed by atoms with Crippen molar-refractivity contribution in [2.75, 3.05) is 0 Å². The van der Waals surface area contributed by atoms with Gasteiger partial charge in [-0.2, -0.15) is 18.2 Å². The van der Waals surface area contributed by atoms with Gasteiger partial charge in [-0.25, -0.2) is 14.5 Å². The number of halogens is 3. The molecule has 4 heterocycles. The van der Waals surface area contributed by atoms with E-state index in [9.17, 15) is 23.1 Å². The maximum Gasteiger partial charge on any atom is 0.417 e. The number of nitrogens with zero attached hydrogens (tertiary/aromatic N) is 4. The predicted molar refractivity (Wildman–Crippen MR) is 154 cm³/mol. The third-order valence-corrected chi connectivity index (χ3v) is 8.31. The number of hydrogen-bond donors (Lipinski definition) is 1. The Labute approximate surface area is 233 Å². The van der Waals surface area contributed by atoms with Crippen molar-refractivity contribution in [3.8, 4) is 22.1 Å². The van der Waals surface area contributed by atoms with Gasteiger partial charge >= 0.3 is 6.18 Å². The molecule has 0 aliphatic rings. The van der Waals surface area contributed by atoms with Crippen LogP contribution in [-0.2, 0) is 6.18 Å². The first-order chi connectivity index (χ1) is 19.1. The van der Waals surface area contributed by atoms with E-state index < -0.39 is 17.3 Å². The quantitative estimate of drug-likeness (QED) is 0.217. The van der Waals surface area contributed by atoms with Crippen molar-refractivity contribution in [1.82, 2.24) is 14.5 Å². The number of thiazole rings is 1. The van der Waals surface area contributed by atoms with Gasteiger partial charge in [0, 0.05) is 17.0 Å². The zero-order valence-corrected chi connectivity index (χ0v) is 22.7. The number of fused-ring (bicyclic) bond motifs is 2. The fourth-order valence-corrected chi connectivity index (χ4v) is 6.18. The standard InChI is InChI=1S/C29H19F3N4O2S2/c1-15-9-10-22(16(2)12-15)36-26(37)18-7-4-3-6-17(18)19(27(36)38)14-33-28-35-25-24(40-28)20(29(30,31)32)13-21(34-25)23-8-5-11-39-23/h3-14,38H,1-2H3. The summed E-state index contributed by atoms with van der Waals surface area (Å²) in [5.74, 6) is -0.338. The number of aryl methyl sites for hydroxylation is 2. The Morgan fingerprint density at radius 2 is 1.77 bits per heavy atom. The molecule has 0 unspecified atom stereocenters. The smallest absolute Gasteiger partial charge is 0.417 e. The number of aromatic hydroxyl groups is 1. The van der Waals surface area contributed by atoms with Gasteiger partial charge in [0.15, 0.2) is 5.65 Å². The highest BCUT2D eigenvalue weighted by Gasteiger charge is 2.35. The van der Waals surface area contributed by atoms with Gasteiger partial charge in [-0.3, -0.25) is 4.79 Å². The first kappa shape index (κ1) is 25.9. The van der Waals surface area contributed by atoms with Gasteiger partial charge in [0.1, 0.15) is 0 Å². The van der Waals surface area contributed by atoms with Crippen molar-refractivity contribution < 1.29 is 18.3 Å². The summed E-state index contributed by atoms with van der Waals surface area (Å²) in [6.07, 6.45) is -3.29. The van der Waals surface area contributed by atoms with Crippen molar-refractivity contribution in [2.45, 2.75) is 20.0 Å². The summed E-state index contributed by atoms with van der Waals surface area (Å²) in [6, 6.07) is 16.7. The molecule has 0 amide bonds. The molecule has 0 radical (unpaired) electrons. The summed E-state index contributed by atoms with van der Waals surface area (Å²) in [4.78, 5) is 27.0. The zero-order chi connectivity index (χ0) is 28.2. The second-order valence-electron chi connectivity index (χ2n) is 9.15. The van der Waals surface area contributed by atoms with E-state index in [0.29, 0.717) is 21.3 Å². The van der Waals surface area contributed by atoms with Crippen LogP contribution in [0.25, 0.3) is 37.4 Å². The van der Waals surface area contributed by atoms with Crippen molar-refractivity contribution in [2.24, 2.45) is 4.99 Å². The topological polar surface area (TPSA) is 80.4 Å². The van der Waals surface area contributed by atoms with E-state index in [-0.39, 0.29) is 32.6 Å². The van der Waals surface area contributed by atoms with Gasteiger partial charge in [0.05, 0.1) is 32.1 Å². The van der Waals surface area contributed by atoms with Gasteiger partial charge in [-0.1, -0.05) is 53.3 Å². The van der Waals surface area contributed by atoms with Crippen molar-refractivity contribution >= 4 is 55.1 Å². The zero-order valence-electron chi connectivity index (χ0n) is 21.0. The molecule has 0 spiro atoms. The fraction of sp³-hybridized carbons (Fsp3) is 0.103. The lowest BCUT2D eigenvalue weighted by Gasteiger charge is -2.15. The second kappa shape index (κ2) is 9.68. The van der Waals surface area contributed by atoms with Gasteiger partial charge in [0.25, 0.3) is 5.56 Å². The molecular formula is C29H19F3N4O2S2. The number of benzene rings is 2. The average Bonchev–Trinajstić information content (AvgIpc) is 3.59. The fourth-order valence-electron chi connectivity index (χ4n) is 4.61. The molecule has 0 aliphatic heterocycles. The summed E-state index contributed by atoms with van der Waals surface area (Å²) < 4.78 is 43.0. The summed E-state index contributed by atoms with van der Waals surface area (Å²) in [7, 11) is 0. The summed E-state index contributed by atoms with van der Waals surface area (Å²) >= 11 is 2.04. The van der Waals surface area contributed by atoms with E-state index in [4.69, 9.17) is 0 Å². The van der Waals surface area contributed by atoms with Crippen LogP contribution >= 0.6 is 22.7 Å². The molecule has 2 aromatic carbocycles. The van der Waals surface area contributed by atoms with Crippen molar-refractivity contribution in [3.63, 3.8) is 0 Å². The molecule has 0 saturated carbocycles. The molecule has 200 valence electrons. The van der Waals surface area contributed by atoms with Crippen LogP contribution < -0.4 is 5.56 Å². The molecule has 0 saturated heterocycles. The van der Waals surface area contributed by atoms with Gasteiger partial charge in [0.2, 0.25) is 11.0 Å². The summed E-state index contributed by atoms with van der Waals surface area (Å²) in [5.41, 5.74) is 1.40. The molecule has 1 N–H and O–H groups in total. The van der Waals surface area contributed by atoms with Gasteiger partial charge < -0.3 is 5.11 Å². The third kappa shape index (κ3) is 4.46. The van der Waals surface area contributed by atoms with E-state index in [1.807, 2.05) is 26.0 Å². The minimum Gasteiger partial charge on any atom is -0.494 e. The highest BCUT2D eigenvalue weighted by atomic mass is 32.1. The van der Waals surface area contributed by atoms with Crippen LogP contribution in [0.5, 0.6) is 5.88 Å². The third-order valence-electron chi connectivity index (χ3n) is 6.43. The molecular weight excluding hydrogens is 557 g/mol. The van der Waals surface area contributed by atoms with Gasteiger partial charge in [-0.15, -0.1) is 11.3 Å². The Balaban J connectivity index is 1.53. The van der Waals surface area contributed by atoms with E-state index in [1.165, 1.54) is 22.1 Å². The largest absolute Gasteiger partial charge is 0.494 e. The first-order valence-electron chi connectivity index (χ1n) is 12.0. The normalized spacial score (nSPS) is 12.2. The van der Waals surface area contributed by atoms with Crippen LogP contribution in [0.3, 0.4) is 0 Å². The maximum atomic E-state index is 14.0. The number of rotatable bonds is 4. The molecule has 6 nitrogen and oxygen atoms in total. The Morgan fingerprint density at radius 3 is 2.48 bits per heavy atom. The Kier molecular flexibility index (Phi) is 6.27. The van der Waals surface area contributed by atoms with Crippen LogP contribution in [0.1, 0.15) is 22.3 Å². The molecule has 6 aromatic rings. The van der Waals surface area contributed by atoms with Crippen LogP contribution in [0.2, 0.25) is 0 Å². The highest BCUT2D eigenvalue weighted by Crippen LogP contribution is 2.41. The first-order valence-corrected chi connectivity index (χ1v) is 13.7. The van der Waals surface area contributed by atoms with E-state index >= 15 is 0 Å². The summed E-state index contributed by atoms with van der Waals surface area (Å²) in [6.45, 7) is 3.77. The number of aromatic nitrogens is 3. The SMILES string of the molecule is Cc1ccc(-n2c(O)c(C=Nc3nc4nc(-c5cccs5)cc(C(F)(F)F)c4s3)c3ccccc3c2=O)c(C)c1. The molecule has 4 aromatic heterocycles. The monoisotopic (exact) mass is 576 g/mol. The van der Waals surface area contributed by atoms with Crippen LogP contribution in [0, 0.1) is 13.8 Å². The van der Waals surface area contributed by atoms with Crippen molar-refractivity contribution in [3.05, 3.63) is 98.7 Å². The van der Waals surface area contributed by atoms with E-state index in [2.05, 4.69) is 15.0 Å². The molecule has 0 bridgehead atoms. The maximum absolute atomic E-state index is 14.0. The number of aliphatic imine (C=N–C) groups is 1. The van der Waals surface area contributed by atoms with Crippen LogP contribution in [0.4, 0.5) is 18.3 Å². The number of pyridine rings is 2. The number of thiophene rings is 1. The minimum absolute atomic E-state index is 0.0316. The van der Waals surface area contributed by atoms with Crippen LogP contribution in [-0.4, -0.2) is 25.9 Å². The Morgan fingerprint density at radius 1 is 1.00 bits per heavy atom. The molecule has 0 atom stereocenters. The molecule has 6 rings (SSSR count). The summed E-state index contributed by atoms with van der Waals surface area (Å²) in [5, 5.41) is 13.9.